The van der Waals surface area contributed by atoms with E-state index in [1.54, 1.807) is 0 Å². The standard InChI is InChI=1S/C20H20O12/c21-7-3-8(22)13-12(4-7)31-18(6-1-9(23)14(26)10(24)2-6)19(16(13)28)32-20-17(29)15(27)11(25)5-30-20/h1-4,11,15,17-27,29H,5H2/t11-,15-,17+,18+,19-,20+/m0/s1. The molecule has 4 rings (SSSR count). The second-order valence-corrected chi connectivity index (χ2v) is 7.46. The fourth-order valence-electron chi connectivity index (χ4n) is 3.61. The number of hydrogen-bond donors (Lipinski definition) is 8. The number of ketones is 1. The van der Waals surface area contributed by atoms with Gasteiger partial charge in [-0.05, 0) is 12.1 Å². The van der Waals surface area contributed by atoms with Crippen LogP contribution in [0.2, 0.25) is 0 Å². The first-order valence-electron chi connectivity index (χ1n) is 9.41. The molecule has 0 bridgehead atoms. The summed E-state index contributed by atoms with van der Waals surface area (Å²) in [5.41, 5.74) is -0.391. The Hall–Kier alpha value is -3.29. The van der Waals surface area contributed by atoms with Gasteiger partial charge in [-0.25, -0.2) is 0 Å². The summed E-state index contributed by atoms with van der Waals surface area (Å²) in [4.78, 5) is 13.2. The molecule has 6 atom stereocenters. The van der Waals surface area contributed by atoms with Crippen LogP contribution in [0.3, 0.4) is 0 Å². The second kappa shape index (κ2) is 8.00. The third-order valence-electron chi connectivity index (χ3n) is 5.26. The van der Waals surface area contributed by atoms with Crippen LogP contribution in [0, 0.1) is 0 Å². The van der Waals surface area contributed by atoms with Crippen LogP contribution in [0.15, 0.2) is 24.3 Å². The Labute approximate surface area is 179 Å². The van der Waals surface area contributed by atoms with E-state index in [2.05, 4.69) is 0 Å². The number of phenolic OH excluding ortho intramolecular Hbond substituents is 5. The van der Waals surface area contributed by atoms with Gasteiger partial charge in [0.15, 0.2) is 35.7 Å². The molecule has 8 N–H and O–H groups in total. The zero-order valence-electron chi connectivity index (χ0n) is 16.2. The van der Waals surface area contributed by atoms with Gasteiger partial charge in [0, 0.05) is 17.7 Å². The minimum atomic E-state index is -1.75. The number of hydrogen-bond acceptors (Lipinski definition) is 12. The van der Waals surface area contributed by atoms with Crippen molar-refractivity contribution < 1.29 is 59.9 Å². The van der Waals surface area contributed by atoms with E-state index in [-0.39, 0.29) is 16.9 Å². The molecule has 2 aromatic carbocycles. The first-order chi connectivity index (χ1) is 15.1. The lowest BCUT2D eigenvalue weighted by molar-refractivity contribution is -0.283. The Balaban J connectivity index is 1.77. The van der Waals surface area contributed by atoms with E-state index in [9.17, 15) is 45.6 Å². The molecule has 2 aliphatic rings. The van der Waals surface area contributed by atoms with E-state index in [0.29, 0.717) is 0 Å². The highest BCUT2D eigenvalue weighted by atomic mass is 16.7. The molecule has 172 valence electrons. The highest BCUT2D eigenvalue weighted by Gasteiger charge is 2.46. The molecule has 2 heterocycles. The lowest BCUT2D eigenvalue weighted by atomic mass is 9.92. The van der Waals surface area contributed by atoms with E-state index in [1.807, 2.05) is 0 Å². The van der Waals surface area contributed by atoms with Gasteiger partial charge in [0.05, 0.1) is 6.61 Å². The van der Waals surface area contributed by atoms with Crippen LogP contribution >= 0.6 is 0 Å². The van der Waals surface area contributed by atoms with Crippen LogP contribution in [0.25, 0.3) is 0 Å². The summed E-state index contributed by atoms with van der Waals surface area (Å²) >= 11 is 0. The molecule has 1 saturated heterocycles. The number of phenols is 5. The van der Waals surface area contributed by atoms with Gasteiger partial charge < -0.3 is 55.1 Å². The van der Waals surface area contributed by atoms with Crippen molar-refractivity contribution in [1.29, 1.82) is 0 Å². The maximum atomic E-state index is 13.2. The van der Waals surface area contributed by atoms with Crippen molar-refractivity contribution in [2.45, 2.75) is 36.8 Å². The van der Waals surface area contributed by atoms with Crippen LogP contribution in [-0.4, -0.2) is 83.9 Å². The van der Waals surface area contributed by atoms with Gasteiger partial charge in [-0.2, -0.15) is 0 Å². The van der Waals surface area contributed by atoms with Crippen LogP contribution < -0.4 is 4.74 Å². The van der Waals surface area contributed by atoms with Crippen molar-refractivity contribution in [3.05, 3.63) is 35.4 Å². The lowest BCUT2D eigenvalue weighted by Crippen LogP contribution is -2.56. The molecule has 0 saturated carbocycles. The number of rotatable bonds is 3. The van der Waals surface area contributed by atoms with Crippen molar-refractivity contribution in [1.82, 2.24) is 0 Å². The van der Waals surface area contributed by atoms with Crippen molar-refractivity contribution in [3.63, 3.8) is 0 Å². The molecule has 32 heavy (non-hydrogen) atoms. The number of benzene rings is 2. The summed E-state index contributed by atoms with van der Waals surface area (Å²) in [7, 11) is 0. The molecule has 12 nitrogen and oxygen atoms in total. The van der Waals surface area contributed by atoms with Gasteiger partial charge in [0.2, 0.25) is 5.78 Å². The summed E-state index contributed by atoms with van der Waals surface area (Å²) in [6, 6.07) is 3.95. The van der Waals surface area contributed by atoms with Crippen LogP contribution in [0.5, 0.6) is 34.5 Å². The van der Waals surface area contributed by atoms with Gasteiger partial charge in [-0.3, -0.25) is 4.79 Å². The summed E-state index contributed by atoms with van der Waals surface area (Å²) in [5, 5.41) is 79.0. The topological polar surface area (TPSA) is 207 Å². The first-order valence-corrected chi connectivity index (χ1v) is 9.41. The van der Waals surface area contributed by atoms with Crippen molar-refractivity contribution in [2.24, 2.45) is 0 Å². The fourth-order valence-corrected chi connectivity index (χ4v) is 3.61. The van der Waals surface area contributed by atoms with E-state index in [0.717, 1.165) is 24.3 Å². The van der Waals surface area contributed by atoms with E-state index in [1.165, 1.54) is 0 Å². The monoisotopic (exact) mass is 452 g/mol. The molecular formula is C20H20O12. The Morgan fingerprint density at radius 1 is 0.875 bits per heavy atom. The lowest BCUT2D eigenvalue weighted by Gasteiger charge is -2.39. The molecule has 12 heteroatoms. The number of aliphatic hydroxyl groups is 3. The smallest absolute Gasteiger partial charge is 0.203 e. The average molecular weight is 452 g/mol. The number of carbonyl (C=O) groups is 1. The number of carbonyl (C=O) groups excluding carboxylic acids is 1. The number of ether oxygens (including phenoxy) is 3. The first kappa shape index (κ1) is 21.9. The summed E-state index contributed by atoms with van der Waals surface area (Å²) in [6.07, 6.45) is -9.43. The Morgan fingerprint density at radius 3 is 2.19 bits per heavy atom. The molecule has 2 aliphatic heterocycles. The van der Waals surface area contributed by atoms with Crippen molar-refractivity contribution >= 4 is 5.78 Å². The normalized spacial score (nSPS) is 29.9. The third-order valence-corrected chi connectivity index (χ3v) is 5.26. The van der Waals surface area contributed by atoms with Crippen LogP contribution in [0.1, 0.15) is 22.0 Å². The maximum Gasteiger partial charge on any atom is 0.203 e. The molecule has 0 amide bonds. The number of Topliss-reactive ketones (excluding diaryl/α,β-unsaturated/α-hetero) is 1. The minimum absolute atomic E-state index is 0.0458. The molecule has 2 aromatic rings. The molecular weight excluding hydrogens is 432 g/mol. The van der Waals surface area contributed by atoms with E-state index >= 15 is 0 Å². The quantitative estimate of drug-likeness (QED) is 0.274. The SMILES string of the molecule is O=C1c2c(O)cc(O)cc2O[C@H](c2cc(O)c(O)c(O)c2)[C@H]1O[C@H]1OC[C@H](O)[C@H](O)[C@H]1O. The zero-order chi connectivity index (χ0) is 23.3. The van der Waals surface area contributed by atoms with Crippen molar-refractivity contribution in [2.75, 3.05) is 6.61 Å². The molecule has 0 unspecified atom stereocenters. The van der Waals surface area contributed by atoms with Gasteiger partial charge in [-0.1, -0.05) is 0 Å². The predicted octanol–water partition coefficient (Wildman–Crippen LogP) is -0.645. The molecule has 0 aliphatic carbocycles. The van der Waals surface area contributed by atoms with Crippen molar-refractivity contribution in [3.8, 4) is 34.5 Å². The molecule has 0 aromatic heterocycles. The average Bonchev–Trinajstić information content (AvgIpc) is 2.72. The number of fused-ring (bicyclic) bond motifs is 1. The number of aliphatic hydroxyl groups excluding tert-OH is 3. The molecule has 1 fully saturated rings. The molecule has 0 spiro atoms. The second-order valence-electron chi connectivity index (χ2n) is 7.46. The Bertz CT molecular complexity index is 1030. The minimum Gasteiger partial charge on any atom is -0.508 e. The van der Waals surface area contributed by atoms with Gasteiger partial charge >= 0.3 is 0 Å². The third kappa shape index (κ3) is 3.63. The highest BCUT2D eigenvalue weighted by molar-refractivity contribution is 6.05. The Kier molecular flexibility index (Phi) is 5.48. The highest BCUT2D eigenvalue weighted by Crippen LogP contribution is 2.46. The maximum absolute atomic E-state index is 13.2. The zero-order valence-corrected chi connectivity index (χ0v) is 16.2. The van der Waals surface area contributed by atoms with E-state index in [4.69, 9.17) is 14.2 Å². The largest absolute Gasteiger partial charge is 0.508 e. The fraction of sp³-hybridized carbons (Fsp3) is 0.350. The van der Waals surface area contributed by atoms with Gasteiger partial charge in [0.25, 0.3) is 0 Å². The van der Waals surface area contributed by atoms with Gasteiger partial charge in [0.1, 0.15) is 41.1 Å². The predicted molar refractivity (Wildman–Crippen MR) is 102 cm³/mol. The van der Waals surface area contributed by atoms with Crippen LogP contribution in [0.4, 0.5) is 0 Å². The molecule has 0 radical (unpaired) electrons. The Morgan fingerprint density at radius 2 is 1.53 bits per heavy atom. The summed E-state index contributed by atoms with van der Waals surface area (Å²) in [5.74, 6) is -4.39. The van der Waals surface area contributed by atoms with Gasteiger partial charge in [-0.15, -0.1) is 0 Å². The van der Waals surface area contributed by atoms with E-state index < -0.39 is 77.9 Å². The summed E-state index contributed by atoms with van der Waals surface area (Å²) in [6.45, 7) is -0.411. The number of aromatic hydroxyl groups is 5. The summed E-state index contributed by atoms with van der Waals surface area (Å²) < 4.78 is 16.5. The van der Waals surface area contributed by atoms with Crippen LogP contribution in [-0.2, 0) is 9.47 Å².